The monoisotopic (exact) mass is 1200 g/mol. The van der Waals surface area contributed by atoms with E-state index in [4.69, 9.17) is 37.9 Å². The lowest BCUT2D eigenvalue weighted by molar-refractivity contribution is -0.348. The second-order valence-corrected chi connectivity index (χ2v) is 21.0. The Bertz CT molecular complexity index is 3010. The summed E-state index contributed by atoms with van der Waals surface area (Å²) >= 11 is 0. The maximum atomic E-state index is 14.7. The third-order valence-corrected chi connectivity index (χ3v) is 15.3. The first-order valence-corrected chi connectivity index (χ1v) is 27.5. The van der Waals surface area contributed by atoms with Crippen molar-refractivity contribution in [1.29, 1.82) is 0 Å². The first-order chi connectivity index (χ1) is 40.8. The smallest absolute Gasteiger partial charge is 0.338 e. The number of nitrogens with zero attached hydrogens (tertiary/aromatic N) is 6. The Balaban J connectivity index is 1.02. The van der Waals surface area contributed by atoms with Crippen LogP contribution in [-0.4, -0.2) is 224 Å². The summed E-state index contributed by atoms with van der Waals surface area (Å²) in [6.45, 7) is 0.725. The van der Waals surface area contributed by atoms with Crippen LogP contribution in [-0.2, 0) is 47.5 Å². The van der Waals surface area contributed by atoms with Crippen molar-refractivity contribution in [2.24, 2.45) is 5.92 Å². The quantitative estimate of drug-likeness (QED) is 0.0246. The van der Waals surface area contributed by atoms with Gasteiger partial charge in [0.25, 0.3) is 0 Å². The van der Waals surface area contributed by atoms with Crippen molar-refractivity contribution in [3.63, 3.8) is 0 Å². The summed E-state index contributed by atoms with van der Waals surface area (Å²) in [7, 11) is 0. The summed E-state index contributed by atoms with van der Waals surface area (Å²) in [5.74, 6) is -8.93. The van der Waals surface area contributed by atoms with E-state index in [9.17, 15) is 73.5 Å². The van der Waals surface area contributed by atoms with Gasteiger partial charge in [-0.15, -0.1) is 10.2 Å². The number of hydrogen-bond donors (Lipinski definition) is 10. The van der Waals surface area contributed by atoms with E-state index in [-0.39, 0.29) is 42.6 Å². The summed E-state index contributed by atoms with van der Waals surface area (Å²) in [5, 5.41) is 118. The van der Waals surface area contributed by atoms with E-state index in [0.29, 0.717) is 29.8 Å². The third-order valence-electron chi connectivity index (χ3n) is 15.3. The number of benzene rings is 3. The summed E-state index contributed by atoms with van der Waals surface area (Å²) < 4.78 is 93.4. The van der Waals surface area contributed by atoms with Crippen LogP contribution >= 0.6 is 0 Å². The number of aliphatic hydroxyl groups is 8. The van der Waals surface area contributed by atoms with Gasteiger partial charge >= 0.3 is 11.9 Å². The first kappa shape index (κ1) is 63.1. The van der Waals surface area contributed by atoms with Gasteiger partial charge < -0.3 is 89.2 Å². The number of carboxylic acids is 1. The minimum atomic E-state index is -1.89. The first-order valence-electron chi connectivity index (χ1n) is 27.5. The van der Waals surface area contributed by atoms with Gasteiger partial charge in [-0.05, 0) is 50.5 Å². The van der Waals surface area contributed by atoms with E-state index in [1.54, 1.807) is 61.7 Å². The fraction of sp³-hybridized carbons (Fsp3) is 0.545. The number of carbonyl (C=O) groups is 3. The van der Waals surface area contributed by atoms with Gasteiger partial charge in [-0.3, -0.25) is 4.79 Å². The summed E-state index contributed by atoms with van der Waals surface area (Å²) in [5.41, 5.74) is 0.608. The number of carbonyl (C=O) groups excluding carboxylic acids is 2. The van der Waals surface area contributed by atoms with E-state index < -0.39 is 177 Å². The van der Waals surface area contributed by atoms with E-state index in [2.05, 4.69) is 25.9 Å². The second kappa shape index (κ2) is 27.9. The molecular weight excluding hydrogens is 1140 g/mol. The summed E-state index contributed by atoms with van der Waals surface area (Å²) in [6.07, 6.45) is -25.5. The van der Waals surface area contributed by atoms with Crippen molar-refractivity contribution in [3.05, 3.63) is 108 Å². The Labute approximate surface area is 482 Å². The number of aromatic nitrogens is 6. The molecule has 3 aliphatic heterocycles. The van der Waals surface area contributed by atoms with Gasteiger partial charge in [0.05, 0.1) is 56.0 Å². The van der Waals surface area contributed by atoms with E-state index >= 15 is 0 Å². The summed E-state index contributed by atoms with van der Waals surface area (Å²) in [6, 6.07) is 15.2. The SMILES string of the molecule is CCC[C@H](OC1C(OC(=O)c2ccccc2)[C@H](O[C@@H]2CC(C(=O)NCCO[C@H]3OC(CO)[C@@H](O)C(n4cc(-c5cc(F)c(F)c(F)c5)nn4)C3O)CC(n3cc(-c4ccccc4)nn3)C2O[C@@H]2OC(C)[C@@H](O)C(O)C2O)OC(CO)[C@@H]1O)C(=O)O. The maximum Gasteiger partial charge on any atom is 0.338 e. The number of aliphatic hydroxyl groups excluding tert-OH is 8. The van der Waals surface area contributed by atoms with Crippen LogP contribution < -0.4 is 5.32 Å². The number of rotatable bonds is 22. The second-order valence-electron chi connectivity index (χ2n) is 21.0. The molecule has 30 heteroatoms. The van der Waals surface area contributed by atoms with Crippen molar-refractivity contribution in [2.45, 2.75) is 156 Å². The molecule has 4 fully saturated rings. The predicted octanol–water partition coefficient (Wildman–Crippen LogP) is -0.0748. The Hall–Kier alpha value is -6.46. The van der Waals surface area contributed by atoms with Crippen molar-refractivity contribution in [1.82, 2.24) is 35.3 Å². The van der Waals surface area contributed by atoms with E-state index in [1.165, 1.54) is 23.7 Å². The number of amides is 1. The van der Waals surface area contributed by atoms with Gasteiger partial charge in [-0.25, -0.2) is 32.1 Å². The van der Waals surface area contributed by atoms with Crippen LogP contribution in [0.1, 0.15) is 62.0 Å². The molecule has 5 aromatic rings. The predicted molar refractivity (Wildman–Crippen MR) is 279 cm³/mol. The fourth-order valence-electron chi connectivity index (χ4n) is 10.8. The number of hydrogen-bond acceptors (Lipinski definition) is 23. The largest absolute Gasteiger partial charge is 0.479 e. The number of carboxylic acid groups (broad SMARTS) is 1. The zero-order valence-corrected chi connectivity index (χ0v) is 45.6. The van der Waals surface area contributed by atoms with Crippen LogP contribution in [0.25, 0.3) is 22.5 Å². The Morgan fingerprint density at radius 2 is 1.33 bits per heavy atom. The molecule has 1 saturated carbocycles. The molecule has 1 amide bonds. The molecule has 462 valence electrons. The van der Waals surface area contributed by atoms with Crippen molar-refractivity contribution in [3.8, 4) is 22.5 Å². The van der Waals surface area contributed by atoms with Gasteiger partial charge in [0.1, 0.15) is 78.5 Å². The van der Waals surface area contributed by atoms with Crippen molar-refractivity contribution < 1.29 is 111 Å². The molecular formula is C55H66F3N7O20. The normalized spacial score (nSPS) is 32.8. The van der Waals surface area contributed by atoms with Crippen LogP contribution in [0.3, 0.4) is 0 Å². The molecule has 85 heavy (non-hydrogen) atoms. The molecule has 3 saturated heterocycles. The highest BCUT2D eigenvalue weighted by Gasteiger charge is 2.55. The van der Waals surface area contributed by atoms with Crippen LogP contribution in [0, 0.1) is 23.4 Å². The molecule has 12 unspecified atom stereocenters. The molecule has 0 radical (unpaired) electrons. The minimum absolute atomic E-state index is 0.0144. The molecule has 4 aliphatic rings. The highest BCUT2D eigenvalue weighted by molar-refractivity contribution is 5.89. The molecule has 2 aromatic heterocycles. The van der Waals surface area contributed by atoms with Gasteiger partial charge in [0.15, 0.2) is 48.5 Å². The molecule has 10 N–H and O–H groups in total. The lowest BCUT2D eigenvalue weighted by Crippen LogP contribution is -2.64. The zero-order valence-electron chi connectivity index (χ0n) is 45.6. The molecule has 0 bridgehead atoms. The van der Waals surface area contributed by atoms with Gasteiger partial charge in [0.2, 0.25) is 5.91 Å². The lowest BCUT2D eigenvalue weighted by atomic mass is 9.80. The average Bonchev–Trinajstić information content (AvgIpc) is 2.98. The number of esters is 1. The third kappa shape index (κ3) is 14.0. The Kier molecular flexibility index (Phi) is 20.7. The minimum Gasteiger partial charge on any atom is -0.479 e. The highest BCUT2D eigenvalue weighted by Crippen LogP contribution is 2.42. The van der Waals surface area contributed by atoms with Gasteiger partial charge in [0, 0.05) is 23.6 Å². The van der Waals surface area contributed by atoms with E-state index in [0.717, 1.165) is 10.9 Å². The molecule has 9 rings (SSSR count). The van der Waals surface area contributed by atoms with E-state index in [1.807, 2.05) is 0 Å². The van der Waals surface area contributed by atoms with Crippen molar-refractivity contribution in [2.75, 3.05) is 26.4 Å². The Morgan fingerprint density at radius 1 is 0.706 bits per heavy atom. The number of halogens is 3. The zero-order chi connectivity index (χ0) is 60.8. The van der Waals surface area contributed by atoms with Crippen LogP contribution in [0.5, 0.6) is 0 Å². The topological polar surface area (TPSA) is 381 Å². The Morgan fingerprint density at radius 3 is 1.99 bits per heavy atom. The lowest BCUT2D eigenvalue weighted by Gasteiger charge is -2.48. The number of aliphatic carboxylic acids is 1. The van der Waals surface area contributed by atoms with Gasteiger partial charge in [-0.2, -0.15) is 0 Å². The molecule has 5 heterocycles. The fourth-order valence-corrected chi connectivity index (χ4v) is 10.8. The molecule has 20 atom stereocenters. The van der Waals surface area contributed by atoms with Crippen molar-refractivity contribution >= 4 is 17.8 Å². The molecule has 1 aliphatic carbocycles. The standard InChI is InChI=1S/C55H66F3N7O20/c1-3-10-35(51(75)76)80-48-43(70)38(24-67)83-55(49(48)84-52(77)27-13-8-5-9-14-27)81-36-20-29(19-34(64-21-32(60-62-64)26-11-6-4-7-12-26)47(36)85-54-46(73)45(72)41(68)25(2)79-54)50(74)59-15-16-78-53-44(71)40(42(69)37(23-66)82-53)65-22-33(61-63-65)28-17-30(56)39(58)31(57)18-28/h4-9,11-14,17-18,21-22,25,29,34-38,40-49,53-55,66-73H,3,10,15-16,19-20,23-24H2,1-2H3,(H,59,74)(H,75,76)/t25?,29?,34?,35-,36+,37?,38?,40?,41+,42+,43-,44?,45?,46?,47?,48?,49?,53-,54-,55+/m0/s1. The average molecular weight is 1200 g/mol. The number of ether oxygens (including phenoxy) is 8. The van der Waals surface area contributed by atoms with Crippen LogP contribution in [0.2, 0.25) is 0 Å². The van der Waals surface area contributed by atoms with Crippen LogP contribution in [0.15, 0.2) is 85.2 Å². The van der Waals surface area contributed by atoms with Crippen LogP contribution in [0.4, 0.5) is 13.2 Å². The molecule has 27 nitrogen and oxygen atoms in total. The molecule has 0 spiro atoms. The highest BCUT2D eigenvalue weighted by atomic mass is 19.2. The number of nitrogens with one attached hydrogen (secondary N) is 1. The molecule has 3 aromatic carbocycles. The van der Waals surface area contributed by atoms with Gasteiger partial charge in [-0.1, -0.05) is 72.3 Å². The maximum absolute atomic E-state index is 14.7. The summed E-state index contributed by atoms with van der Waals surface area (Å²) in [4.78, 5) is 41.2.